The number of amides is 1. The van der Waals surface area contributed by atoms with Gasteiger partial charge in [0.25, 0.3) is 0 Å². The zero-order valence-corrected chi connectivity index (χ0v) is 13.1. The first kappa shape index (κ1) is 15.6. The molecule has 2 N–H and O–H groups in total. The highest BCUT2D eigenvalue weighted by molar-refractivity contribution is 5.79. The minimum absolute atomic E-state index is 0.0357. The smallest absolute Gasteiger partial charge is 0.224 e. The summed E-state index contributed by atoms with van der Waals surface area (Å²) in [5.74, 6) is -0.244. The summed E-state index contributed by atoms with van der Waals surface area (Å²) in [6.45, 7) is 2.07. The van der Waals surface area contributed by atoms with Crippen molar-refractivity contribution in [2.24, 2.45) is 0 Å². The molecule has 1 aliphatic rings. The van der Waals surface area contributed by atoms with Crippen LogP contribution in [0, 0.1) is 5.82 Å². The van der Waals surface area contributed by atoms with Gasteiger partial charge in [0.2, 0.25) is 11.7 Å². The van der Waals surface area contributed by atoms with Gasteiger partial charge in [0, 0.05) is 11.1 Å². The zero-order chi connectivity index (χ0) is 16.3. The molecule has 0 saturated heterocycles. The molecule has 0 bridgehead atoms. The molecule has 23 heavy (non-hydrogen) atoms. The lowest BCUT2D eigenvalue weighted by atomic mass is 9.83. The molecular formula is C16H20FN5O. The van der Waals surface area contributed by atoms with E-state index in [9.17, 15) is 9.18 Å². The Morgan fingerprint density at radius 2 is 2.13 bits per heavy atom. The molecule has 1 amide bonds. The van der Waals surface area contributed by atoms with E-state index in [0.29, 0.717) is 17.0 Å². The molecule has 7 heteroatoms. The number of carbonyl (C=O) groups is 1. The number of aromatic nitrogens is 4. The predicted octanol–water partition coefficient (Wildman–Crippen LogP) is 2.39. The monoisotopic (exact) mass is 317 g/mol. The molecule has 0 atom stereocenters. The molecule has 0 aliphatic heterocycles. The number of nitrogens with one attached hydrogen (secondary N) is 2. The Morgan fingerprint density at radius 1 is 1.35 bits per heavy atom. The van der Waals surface area contributed by atoms with Crippen molar-refractivity contribution in [1.29, 1.82) is 0 Å². The van der Waals surface area contributed by atoms with E-state index in [4.69, 9.17) is 0 Å². The molecule has 0 spiro atoms. The molecule has 1 aromatic heterocycles. The van der Waals surface area contributed by atoms with Gasteiger partial charge in [-0.2, -0.15) is 5.21 Å². The van der Waals surface area contributed by atoms with Crippen LogP contribution in [0.3, 0.4) is 0 Å². The van der Waals surface area contributed by atoms with Crippen LogP contribution < -0.4 is 5.32 Å². The van der Waals surface area contributed by atoms with Gasteiger partial charge in [-0.15, -0.1) is 10.2 Å². The van der Waals surface area contributed by atoms with Crippen molar-refractivity contribution < 1.29 is 9.18 Å². The van der Waals surface area contributed by atoms with Crippen LogP contribution in [-0.4, -0.2) is 32.1 Å². The number of aromatic amines is 1. The number of halogens is 1. The SMILES string of the molecule is CC1(NC(=O)Cc2ccc(-c3nn[nH]n3)cc2F)CCCCC1. The van der Waals surface area contributed by atoms with E-state index in [-0.39, 0.29) is 17.9 Å². The average Bonchev–Trinajstić information content (AvgIpc) is 3.04. The number of carbonyl (C=O) groups excluding carboxylic acids is 1. The zero-order valence-electron chi connectivity index (χ0n) is 13.1. The fourth-order valence-corrected chi connectivity index (χ4v) is 3.12. The van der Waals surface area contributed by atoms with Gasteiger partial charge in [0.05, 0.1) is 6.42 Å². The van der Waals surface area contributed by atoms with Gasteiger partial charge in [0.15, 0.2) is 0 Å². The highest BCUT2D eigenvalue weighted by atomic mass is 19.1. The first-order valence-corrected chi connectivity index (χ1v) is 7.89. The van der Waals surface area contributed by atoms with Crippen LogP contribution in [0.2, 0.25) is 0 Å². The summed E-state index contributed by atoms with van der Waals surface area (Å²) >= 11 is 0. The number of hydrogen-bond donors (Lipinski definition) is 2. The first-order valence-electron chi connectivity index (χ1n) is 7.89. The third kappa shape index (κ3) is 3.72. The standard InChI is InChI=1S/C16H20FN5O/c1-16(7-3-2-4-8-16)18-14(23)10-11-5-6-12(9-13(11)17)15-19-21-22-20-15/h5-6,9H,2-4,7-8,10H2,1H3,(H,18,23)(H,19,20,21,22). The summed E-state index contributed by atoms with van der Waals surface area (Å²) in [6, 6.07) is 4.62. The van der Waals surface area contributed by atoms with Crippen molar-refractivity contribution in [3.05, 3.63) is 29.6 Å². The normalized spacial score (nSPS) is 17.0. The van der Waals surface area contributed by atoms with Gasteiger partial charge in [0.1, 0.15) is 5.82 Å². The lowest BCUT2D eigenvalue weighted by Crippen LogP contribution is -2.47. The summed E-state index contributed by atoms with van der Waals surface area (Å²) in [5.41, 5.74) is 0.741. The van der Waals surface area contributed by atoms with Gasteiger partial charge in [-0.25, -0.2) is 4.39 Å². The second-order valence-corrected chi connectivity index (χ2v) is 6.39. The van der Waals surface area contributed by atoms with Crippen LogP contribution in [0.25, 0.3) is 11.4 Å². The van der Waals surface area contributed by atoms with E-state index < -0.39 is 5.82 Å². The highest BCUT2D eigenvalue weighted by Crippen LogP contribution is 2.27. The molecule has 2 aromatic rings. The molecule has 1 saturated carbocycles. The van der Waals surface area contributed by atoms with Crippen LogP contribution in [0.15, 0.2) is 18.2 Å². The molecular weight excluding hydrogens is 297 g/mol. The van der Waals surface area contributed by atoms with Gasteiger partial charge in [-0.3, -0.25) is 4.79 Å². The van der Waals surface area contributed by atoms with Gasteiger partial charge in [-0.05, 0) is 36.6 Å². The number of nitrogens with zero attached hydrogens (tertiary/aromatic N) is 3. The number of benzene rings is 1. The minimum atomic E-state index is -0.434. The number of tetrazole rings is 1. The van der Waals surface area contributed by atoms with Crippen LogP contribution in [-0.2, 0) is 11.2 Å². The number of rotatable bonds is 4. The van der Waals surface area contributed by atoms with Crippen molar-refractivity contribution in [2.75, 3.05) is 0 Å². The molecule has 1 heterocycles. The van der Waals surface area contributed by atoms with Crippen molar-refractivity contribution in [2.45, 2.75) is 51.0 Å². The topological polar surface area (TPSA) is 83.6 Å². The van der Waals surface area contributed by atoms with E-state index in [1.54, 1.807) is 12.1 Å². The molecule has 122 valence electrons. The summed E-state index contributed by atoms with van der Waals surface area (Å²) in [7, 11) is 0. The fourth-order valence-electron chi connectivity index (χ4n) is 3.12. The summed E-state index contributed by atoms with van der Waals surface area (Å²) in [6.07, 6.45) is 5.48. The summed E-state index contributed by atoms with van der Waals surface area (Å²) in [4.78, 5) is 12.2. The second kappa shape index (κ2) is 6.44. The largest absolute Gasteiger partial charge is 0.351 e. The van der Waals surface area contributed by atoms with Crippen molar-refractivity contribution >= 4 is 5.91 Å². The molecule has 1 aromatic carbocycles. The number of H-pyrrole nitrogens is 1. The van der Waals surface area contributed by atoms with Crippen LogP contribution >= 0.6 is 0 Å². The van der Waals surface area contributed by atoms with Gasteiger partial charge < -0.3 is 5.32 Å². The van der Waals surface area contributed by atoms with E-state index in [1.807, 2.05) is 0 Å². The van der Waals surface area contributed by atoms with Crippen molar-refractivity contribution in [1.82, 2.24) is 25.9 Å². The molecule has 3 rings (SSSR count). The van der Waals surface area contributed by atoms with Crippen LogP contribution in [0.1, 0.15) is 44.6 Å². The third-order valence-corrected chi connectivity index (χ3v) is 4.41. The van der Waals surface area contributed by atoms with Crippen molar-refractivity contribution in [3.63, 3.8) is 0 Å². The molecule has 0 radical (unpaired) electrons. The van der Waals surface area contributed by atoms with E-state index in [1.165, 1.54) is 12.5 Å². The average molecular weight is 317 g/mol. The minimum Gasteiger partial charge on any atom is -0.351 e. The molecule has 1 aliphatic carbocycles. The van der Waals surface area contributed by atoms with E-state index in [2.05, 4.69) is 32.9 Å². The quantitative estimate of drug-likeness (QED) is 0.907. The molecule has 1 fully saturated rings. The Morgan fingerprint density at radius 3 is 2.78 bits per heavy atom. The Hall–Kier alpha value is -2.31. The van der Waals surface area contributed by atoms with E-state index >= 15 is 0 Å². The van der Waals surface area contributed by atoms with Crippen LogP contribution in [0.4, 0.5) is 4.39 Å². The predicted molar refractivity (Wildman–Crippen MR) is 82.9 cm³/mol. The van der Waals surface area contributed by atoms with Gasteiger partial charge in [-0.1, -0.05) is 31.4 Å². The lowest BCUT2D eigenvalue weighted by molar-refractivity contribution is -0.122. The Balaban J connectivity index is 1.66. The molecule has 0 unspecified atom stereocenters. The highest BCUT2D eigenvalue weighted by Gasteiger charge is 2.28. The first-order chi connectivity index (χ1) is 11.1. The van der Waals surface area contributed by atoms with Crippen molar-refractivity contribution in [3.8, 4) is 11.4 Å². The maximum absolute atomic E-state index is 14.2. The number of hydrogen-bond acceptors (Lipinski definition) is 4. The van der Waals surface area contributed by atoms with Gasteiger partial charge >= 0.3 is 0 Å². The fraction of sp³-hybridized carbons (Fsp3) is 0.500. The van der Waals surface area contributed by atoms with Crippen LogP contribution in [0.5, 0.6) is 0 Å². The maximum Gasteiger partial charge on any atom is 0.224 e. The lowest BCUT2D eigenvalue weighted by Gasteiger charge is -2.34. The Kier molecular flexibility index (Phi) is 4.36. The second-order valence-electron chi connectivity index (χ2n) is 6.39. The Bertz CT molecular complexity index is 680. The summed E-state index contributed by atoms with van der Waals surface area (Å²) < 4.78 is 14.2. The molecule has 6 nitrogen and oxygen atoms in total. The summed E-state index contributed by atoms with van der Waals surface area (Å²) in [5, 5.41) is 16.5. The Labute approximate surface area is 133 Å². The maximum atomic E-state index is 14.2. The third-order valence-electron chi connectivity index (χ3n) is 4.41. The van der Waals surface area contributed by atoms with E-state index in [0.717, 1.165) is 25.7 Å².